The smallest absolute Gasteiger partial charge is 0.306 e. The summed E-state index contributed by atoms with van der Waals surface area (Å²) in [6.07, 6.45) is 29.7. The van der Waals surface area contributed by atoms with Crippen molar-refractivity contribution in [3.05, 3.63) is 0 Å². The van der Waals surface area contributed by atoms with Crippen LogP contribution in [-0.2, 0) is 28.6 Å². The second-order valence-electron chi connectivity index (χ2n) is 19.8. The normalized spacial score (nSPS) is 13.5. The van der Waals surface area contributed by atoms with Gasteiger partial charge in [-0.25, -0.2) is 0 Å². The van der Waals surface area contributed by atoms with Crippen molar-refractivity contribution in [3.8, 4) is 0 Å². The largest absolute Gasteiger partial charge is 0.465 e. The highest BCUT2D eigenvalue weighted by Gasteiger charge is 2.18. The molecular formula is C51H99NO6. The van der Waals surface area contributed by atoms with Gasteiger partial charge in [0, 0.05) is 19.3 Å². The van der Waals surface area contributed by atoms with Gasteiger partial charge in [-0.3, -0.25) is 14.4 Å². The van der Waals surface area contributed by atoms with E-state index in [0.29, 0.717) is 56.1 Å². The van der Waals surface area contributed by atoms with Crippen LogP contribution in [0.1, 0.15) is 235 Å². The molecule has 0 bridgehead atoms. The molecule has 0 heterocycles. The monoisotopic (exact) mass is 822 g/mol. The van der Waals surface area contributed by atoms with E-state index in [2.05, 4.69) is 60.3 Å². The van der Waals surface area contributed by atoms with Gasteiger partial charge in [0.15, 0.2) is 0 Å². The number of ether oxygens (including phenoxy) is 3. The van der Waals surface area contributed by atoms with E-state index in [-0.39, 0.29) is 24.0 Å². The van der Waals surface area contributed by atoms with Gasteiger partial charge in [-0.05, 0) is 114 Å². The van der Waals surface area contributed by atoms with Gasteiger partial charge in [-0.15, -0.1) is 0 Å². The summed E-state index contributed by atoms with van der Waals surface area (Å²) in [5, 5.41) is 0. The molecule has 0 saturated carbocycles. The van der Waals surface area contributed by atoms with E-state index in [1.54, 1.807) is 0 Å². The van der Waals surface area contributed by atoms with Crippen molar-refractivity contribution in [2.24, 2.45) is 35.5 Å². The zero-order valence-corrected chi connectivity index (χ0v) is 40.4. The SMILES string of the molecule is CC(C)CCCCC(COC(=O)CCCCCCCCCC(CCCCCCCCCC(=O)OCC(CCCCC(C)C)C(C)C)OC(=O)CCCN(C)C)C(C)C. The Kier molecular flexibility index (Phi) is 37.2. The Morgan fingerprint density at radius 2 is 0.724 bits per heavy atom. The first kappa shape index (κ1) is 56.4. The predicted octanol–water partition coefficient (Wildman–Crippen LogP) is 14.3. The molecule has 0 aliphatic rings. The standard InChI is InChI=1S/C51H99NO6/c1-42(2)30-25-27-32-46(44(5)6)40-56-49(53)36-23-19-15-11-13-17-21-34-48(58-51(55)38-29-39-52(9)10)35-22-18-14-12-16-20-24-37-50(54)57-41-47(45(7)8)33-28-26-31-43(3)4/h42-48H,11-41H2,1-10H3. The van der Waals surface area contributed by atoms with Gasteiger partial charge >= 0.3 is 17.9 Å². The van der Waals surface area contributed by atoms with Crippen molar-refractivity contribution < 1.29 is 28.6 Å². The molecule has 0 spiro atoms. The van der Waals surface area contributed by atoms with Crippen LogP contribution in [0.5, 0.6) is 0 Å². The number of esters is 3. The van der Waals surface area contributed by atoms with Gasteiger partial charge < -0.3 is 19.1 Å². The number of carbonyl (C=O) groups is 3. The zero-order chi connectivity index (χ0) is 43.4. The summed E-state index contributed by atoms with van der Waals surface area (Å²) in [4.78, 5) is 39.5. The summed E-state index contributed by atoms with van der Waals surface area (Å²) < 4.78 is 17.4. The first-order chi connectivity index (χ1) is 27.7. The Labute approximate surface area is 361 Å². The molecule has 7 nitrogen and oxygen atoms in total. The molecule has 0 fully saturated rings. The molecule has 7 heteroatoms. The highest BCUT2D eigenvalue weighted by molar-refractivity contribution is 5.70. The van der Waals surface area contributed by atoms with Gasteiger partial charge in [-0.2, -0.15) is 0 Å². The molecule has 0 aliphatic heterocycles. The van der Waals surface area contributed by atoms with Crippen LogP contribution in [0.4, 0.5) is 0 Å². The van der Waals surface area contributed by atoms with Crippen molar-refractivity contribution in [2.45, 2.75) is 241 Å². The minimum atomic E-state index is -0.0494. The number of hydrogen-bond donors (Lipinski definition) is 0. The Balaban J connectivity index is 4.24. The lowest BCUT2D eigenvalue weighted by molar-refractivity contribution is -0.150. The molecule has 58 heavy (non-hydrogen) atoms. The van der Waals surface area contributed by atoms with Crippen molar-refractivity contribution in [1.29, 1.82) is 0 Å². The molecule has 0 aromatic carbocycles. The second kappa shape index (κ2) is 38.3. The third-order valence-corrected chi connectivity index (χ3v) is 12.1. The van der Waals surface area contributed by atoms with Crippen LogP contribution in [-0.4, -0.2) is 62.8 Å². The Hall–Kier alpha value is -1.63. The summed E-state index contributed by atoms with van der Waals surface area (Å²) in [7, 11) is 4.08. The maximum absolute atomic E-state index is 12.7. The maximum Gasteiger partial charge on any atom is 0.306 e. The highest BCUT2D eigenvalue weighted by Crippen LogP contribution is 2.23. The number of nitrogens with zero attached hydrogens (tertiary/aromatic N) is 1. The third-order valence-electron chi connectivity index (χ3n) is 12.1. The second-order valence-corrected chi connectivity index (χ2v) is 19.8. The molecule has 0 aromatic rings. The Morgan fingerprint density at radius 3 is 1.09 bits per heavy atom. The van der Waals surface area contributed by atoms with E-state index < -0.39 is 0 Å². The van der Waals surface area contributed by atoms with Crippen LogP contribution in [0.3, 0.4) is 0 Å². The minimum Gasteiger partial charge on any atom is -0.465 e. The molecule has 0 radical (unpaired) electrons. The molecule has 0 N–H and O–H groups in total. The van der Waals surface area contributed by atoms with E-state index in [1.807, 2.05) is 14.1 Å². The molecule has 2 atom stereocenters. The van der Waals surface area contributed by atoms with Crippen LogP contribution in [0.2, 0.25) is 0 Å². The molecular weight excluding hydrogens is 723 g/mol. The van der Waals surface area contributed by atoms with Gasteiger partial charge in [0.1, 0.15) is 6.10 Å². The summed E-state index contributed by atoms with van der Waals surface area (Å²) in [6, 6.07) is 0. The van der Waals surface area contributed by atoms with E-state index in [0.717, 1.165) is 115 Å². The van der Waals surface area contributed by atoms with Crippen LogP contribution in [0, 0.1) is 35.5 Å². The molecule has 0 saturated heterocycles. The van der Waals surface area contributed by atoms with Crippen molar-refractivity contribution in [1.82, 2.24) is 4.90 Å². The fourth-order valence-corrected chi connectivity index (χ4v) is 7.78. The van der Waals surface area contributed by atoms with Gasteiger partial charge in [0.05, 0.1) is 13.2 Å². The van der Waals surface area contributed by atoms with E-state index in [1.165, 1.54) is 64.2 Å². The Morgan fingerprint density at radius 1 is 0.397 bits per heavy atom. The van der Waals surface area contributed by atoms with Crippen molar-refractivity contribution in [3.63, 3.8) is 0 Å². The topological polar surface area (TPSA) is 82.1 Å². The maximum atomic E-state index is 12.7. The third kappa shape index (κ3) is 37.4. The summed E-state index contributed by atoms with van der Waals surface area (Å²) >= 11 is 0. The molecule has 0 aliphatic carbocycles. The minimum absolute atomic E-state index is 0.0227. The first-order valence-corrected chi connectivity index (χ1v) is 24.9. The number of rotatable bonds is 41. The van der Waals surface area contributed by atoms with Gasteiger partial charge in [-0.1, -0.05) is 158 Å². The average molecular weight is 822 g/mol. The summed E-state index contributed by atoms with van der Waals surface area (Å²) in [5.74, 6) is 3.43. The zero-order valence-electron chi connectivity index (χ0n) is 40.4. The molecule has 344 valence electrons. The van der Waals surface area contributed by atoms with Crippen molar-refractivity contribution >= 4 is 17.9 Å². The number of carbonyl (C=O) groups excluding carboxylic acids is 3. The fraction of sp³-hybridized carbons (Fsp3) is 0.941. The van der Waals surface area contributed by atoms with Gasteiger partial charge in [0.25, 0.3) is 0 Å². The molecule has 0 aromatic heterocycles. The molecule has 0 amide bonds. The fourth-order valence-electron chi connectivity index (χ4n) is 7.78. The molecule has 0 rings (SSSR count). The summed E-state index contributed by atoms with van der Waals surface area (Å²) in [6.45, 7) is 20.2. The van der Waals surface area contributed by atoms with Crippen LogP contribution in [0.15, 0.2) is 0 Å². The van der Waals surface area contributed by atoms with E-state index >= 15 is 0 Å². The summed E-state index contributed by atoms with van der Waals surface area (Å²) in [5.41, 5.74) is 0. The van der Waals surface area contributed by atoms with Crippen LogP contribution >= 0.6 is 0 Å². The lowest BCUT2D eigenvalue weighted by atomic mass is 9.90. The van der Waals surface area contributed by atoms with Crippen LogP contribution in [0.25, 0.3) is 0 Å². The number of unbranched alkanes of at least 4 members (excludes halogenated alkanes) is 14. The average Bonchev–Trinajstić information content (AvgIpc) is 3.14. The molecule has 2 unspecified atom stereocenters. The van der Waals surface area contributed by atoms with Crippen LogP contribution < -0.4 is 0 Å². The van der Waals surface area contributed by atoms with Gasteiger partial charge in [0.2, 0.25) is 0 Å². The number of hydrogen-bond acceptors (Lipinski definition) is 7. The Bertz CT molecular complexity index is 901. The lowest BCUT2D eigenvalue weighted by Gasteiger charge is -2.21. The predicted molar refractivity (Wildman–Crippen MR) is 246 cm³/mol. The highest BCUT2D eigenvalue weighted by atomic mass is 16.5. The van der Waals surface area contributed by atoms with E-state index in [4.69, 9.17) is 14.2 Å². The van der Waals surface area contributed by atoms with Crippen molar-refractivity contribution in [2.75, 3.05) is 33.9 Å². The first-order valence-electron chi connectivity index (χ1n) is 24.9. The lowest BCUT2D eigenvalue weighted by Crippen LogP contribution is -2.20. The van der Waals surface area contributed by atoms with E-state index in [9.17, 15) is 14.4 Å². The quantitative estimate of drug-likeness (QED) is 0.0345.